The summed E-state index contributed by atoms with van der Waals surface area (Å²) in [6, 6.07) is 8.34. The van der Waals surface area contributed by atoms with Gasteiger partial charge in [0.05, 0.1) is 0 Å². The number of benzene rings is 1. The highest BCUT2D eigenvalue weighted by Crippen LogP contribution is 2.45. The molecule has 4 heteroatoms. The number of carboxylic acids is 1. The second-order valence-corrected chi connectivity index (χ2v) is 7.11. The van der Waals surface area contributed by atoms with Crippen LogP contribution in [0.1, 0.15) is 57.6 Å². The number of carboxylic acid groups (broad SMARTS) is 1. The average molecular weight is 357 g/mol. The number of hydrogen-bond donors (Lipinski definition) is 2. The van der Waals surface area contributed by atoms with E-state index in [2.05, 4.69) is 30.6 Å². The van der Waals surface area contributed by atoms with Gasteiger partial charge in [0, 0.05) is 17.9 Å². The maximum atomic E-state index is 11.7. The summed E-state index contributed by atoms with van der Waals surface area (Å²) >= 11 is 0. The standard InChI is InChI=1S/C22H31NO3/c1-4-7-10-17-11-8-9-12-19(17)22(20(24)21(25)26)15-13-18(14-16-22)23(5-2)6-3/h8-9,11-12,18,20,24H,5-6,10,13-16H2,1-3H3,(H,25,26). The van der Waals surface area contributed by atoms with E-state index in [0.717, 1.165) is 37.1 Å². The second-order valence-electron chi connectivity index (χ2n) is 7.11. The van der Waals surface area contributed by atoms with Crippen LogP contribution in [0.15, 0.2) is 24.3 Å². The van der Waals surface area contributed by atoms with Gasteiger partial charge in [-0.3, -0.25) is 0 Å². The molecule has 0 saturated heterocycles. The monoisotopic (exact) mass is 357 g/mol. The van der Waals surface area contributed by atoms with Crippen LogP contribution < -0.4 is 0 Å². The predicted molar refractivity (Wildman–Crippen MR) is 104 cm³/mol. The lowest BCUT2D eigenvalue weighted by Crippen LogP contribution is -2.50. The van der Waals surface area contributed by atoms with Crippen molar-refractivity contribution in [2.24, 2.45) is 0 Å². The molecule has 0 radical (unpaired) electrons. The van der Waals surface area contributed by atoms with Crippen molar-refractivity contribution in [2.75, 3.05) is 13.1 Å². The van der Waals surface area contributed by atoms with Crippen LogP contribution in [0.25, 0.3) is 0 Å². The van der Waals surface area contributed by atoms with Crippen LogP contribution in [0.3, 0.4) is 0 Å². The summed E-state index contributed by atoms with van der Waals surface area (Å²) in [6.07, 6.45) is 2.35. The SMILES string of the molecule is CC#CCc1ccccc1C1(C(O)C(=O)O)CCC(N(CC)CC)CC1. The Labute approximate surface area is 157 Å². The zero-order valence-electron chi connectivity index (χ0n) is 16.2. The molecule has 1 aliphatic carbocycles. The molecule has 1 aromatic carbocycles. The highest BCUT2D eigenvalue weighted by atomic mass is 16.4. The van der Waals surface area contributed by atoms with Gasteiger partial charge in [-0.2, -0.15) is 0 Å². The third-order valence-corrected chi connectivity index (χ3v) is 5.94. The molecule has 0 bridgehead atoms. The molecule has 0 heterocycles. The third kappa shape index (κ3) is 4.11. The van der Waals surface area contributed by atoms with E-state index in [-0.39, 0.29) is 0 Å². The second kappa shape index (κ2) is 9.21. The molecule has 26 heavy (non-hydrogen) atoms. The first-order valence-electron chi connectivity index (χ1n) is 9.63. The Bertz CT molecular complexity index is 661. The summed E-state index contributed by atoms with van der Waals surface area (Å²) in [5, 5.41) is 20.3. The lowest BCUT2D eigenvalue weighted by Gasteiger charge is -2.45. The Balaban J connectivity index is 2.40. The number of aliphatic hydroxyl groups is 1. The van der Waals surface area contributed by atoms with E-state index in [1.807, 2.05) is 24.3 Å². The molecule has 1 unspecified atom stereocenters. The largest absolute Gasteiger partial charge is 0.479 e. The van der Waals surface area contributed by atoms with E-state index in [1.165, 1.54) is 0 Å². The van der Waals surface area contributed by atoms with E-state index < -0.39 is 17.5 Å². The molecular weight excluding hydrogens is 326 g/mol. The molecule has 0 amide bonds. The summed E-state index contributed by atoms with van der Waals surface area (Å²) in [5.74, 6) is 4.86. The van der Waals surface area contributed by atoms with E-state index in [0.29, 0.717) is 25.3 Å². The van der Waals surface area contributed by atoms with Gasteiger partial charge in [0.15, 0.2) is 6.10 Å². The maximum Gasteiger partial charge on any atom is 0.333 e. The Kier molecular flexibility index (Phi) is 7.25. The van der Waals surface area contributed by atoms with E-state index in [4.69, 9.17) is 0 Å². The van der Waals surface area contributed by atoms with Gasteiger partial charge in [-0.1, -0.05) is 44.0 Å². The minimum absolute atomic E-state index is 0.460. The number of hydrogen-bond acceptors (Lipinski definition) is 3. The van der Waals surface area contributed by atoms with Crippen molar-refractivity contribution in [3.63, 3.8) is 0 Å². The van der Waals surface area contributed by atoms with Crippen LogP contribution in [0.2, 0.25) is 0 Å². The Hall–Kier alpha value is -1.83. The summed E-state index contributed by atoms with van der Waals surface area (Å²) in [4.78, 5) is 14.2. The lowest BCUT2D eigenvalue weighted by atomic mass is 9.63. The summed E-state index contributed by atoms with van der Waals surface area (Å²) in [6.45, 7) is 8.13. The minimum Gasteiger partial charge on any atom is -0.479 e. The van der Waals surface area contributed by atoms with Crippen molar-refractivity contribution in [1.82, 2.24) is 4.90 Å². The van der Waals surface area contributed by atoms with Crippen molar-refractivity contribution in [3.8, 4) is 11.8 Å². The summed E-state index contributed by atoms with van der Waals surface area (Å²) < 4.78 is 0. The molecule has 2 N–H and O–H groups in total. The van der Waals surface area contributed by atoms with Crippen LogP contribution in [-0.4, -0.2) is 46.3 Å². The number of nitrogens with zero attached hydrogens (tertiary/aromatic N) is 1. The van der Waals surface area contributed by atoms with E-state index >= 15 is 0 Å². The molecule has 2 rings (SSSR count). The first kappa shape index (κ1) is 20.5. The molecule has 1 aliphatic rings. The lowest BCUT2D eigenvalue weighted by molar-refractivity contribution is -0.152. The van der Waals surface area contributed by atoms with Crippen LogP contribution in [0, 0.1) is 11.8 Å². The Morgan fingerprint density at radius 3 is 2.42 bits per heavy atom. The van der Waals surface area contributed by atoms with E-state index in [1.54, 1.807) is 6.92 Å². The quantitative estimate of drug-likeness (QED) is 0.736. The van der Waals surface area contributed by atoms with Gasteiger partial charge in [0.2, 0.25) is 0 Å². The third-order valence-electron chi connectivity index (χ3n) is 5.94. The van der Waals surface area contributed by atoms with Crippen LogP contribution >= 0.6 is 0 Å². The zero-order chi connectivity index (χ0) is 19.2. The molecule has 4 nitrogen and oxygen atoms in total. The topological polar surface area (TPSA) is 60.8 Å². The average Bonchev–Trinajstić information content (AvgIpc) is 2.67. The van der Waals surface area contributed by atoms with Crippen LogP contribution in [0.5, 0.6) is 0 Å². The zero-order valence-corrected chi connectivity index (χ0v) is 16.2. The molecule has 1 atom stereocenters. The Morgan fingerprint density at radius 1 is 1.27 bits per heavy atom. The molecule has 1 saturated carbocycles. The van der Waals surface area contributed by atoms with Crippen molar-refractivity contribution >= 4 is 5.97 Å². The molecular formula is C22H31NO3. The molecule has 0 aromatic heterocycles. The predicted octanol–water partition coefficient (Wildman–Crippen LogP) is 3.22. The van der Waals surface area contributed by atoms with Crippen molar-refractivity contribution in [3.05, 3.63) is 35.4 Å². The molecule has 0 aliphatic heterocycles. The first-order valence-corrected chi connectivity index (χ1v) is 9.63. The highest BCUT2D eigenvalue weighted by Gasteiger charge is 2.47. The normalized spacial score (nSPS) is 24.0. The van der Waals surface area contributed by atoms with Gasteiger partial charge in [-0.05, 0) is 56.8 Å². The van der Waals surface area contributed by atoms with Crippen molar-refractivity contribution < 1.29 is 15.0 Å². The van der Waals surface area contributed by atoms with E-state index in [9.17, 15) is 15.0 Å². The molecule has 142 valence electrons. The van der Waals surface area contributed by atoms with Gasteiger partial charge in [0.25, 0.3) is 0 Å². The van der Waals surface area contributed by atoms with Gasteiger partial charge in [-0.25, -0.2) is 4.79 Å². The fraction of sp³-hybridized carbons (Fsp3) is 0.591. The van der Waals surface area contributed by atoms with Gasteiger partial charge >= 0.3 is 5.97 Å². The van der Waals surface area contributed by atoms with Gasteiger partial charge in [-0.15, -0.1) is 5.92 Å². The number of aliphatic hydroxyl groups excluding tert-OH is 1. The highest BCUT2D eigenvalue weighted by molar-refractivity contribution is 5.75. The fourth-order valence-electron chi connectivity index (χ4n) is 4.49. The number of carbonyl (C=O) groups is 1. The van der Waals surface area contributed by atoms with Gasteiger partial charge in [0.1, 0.15) is 0 Å². The maximum absolute atomic E-state index is 11.7. The van der Waals surface area contributed by atoms with Crippen molar-refractivity contribution in [2.45, 2.75) is 70.4 Å². The van der Waals surface area contributed by atoms with Crippen molar-refractivity contribution in [1.29, 1.82) is 0 Å². The van der Waals surface area contributed by atoms with Crippen LogP contribution in [0.4, 0.5) is 0 Å². The molecule has 1 aromatic rings. The number of aliphatic carboxylic acids is 1. The summed E-state index contributed by atoms with van der Waals surface area (Å²) in [5.41, 5.74) is 1.25. The van der Waals surface area contributed by atoms with Gasteiger partial charge < -0.3 is 15.1 Å². The smallest absolute Gasteiger partial charge is 0.333 e. The number of rotatable bonds is 7. The first-order chi connectivity index (χ1) is 12.5. The minimum atomic E-state index is -1.39. The fourth-order valence-corrected chi connectivity index (χ4v) is 4.49. The molecule has 0 spiro atoms. The van der Waals surface area contributed by atoms with Crippen LogP contribution in [-0.2, 0) is 16.6 Å². The summed E-state index contributed by atoms with van der Waals surface area (Å²) in [7, 11) is 0. The Morgan fingerprint density at radius 2 is 1.88 bits per heavy atom. The molecule has 1 fully saturated rings.